The van der Waals surface area contributed by atoms with Crippen molar-refractivity contribution < 1.29 is 4.74 Å². The van der Waals surface area contributed by atoms with E-state index >= 15 is 0 Å². The van der Waals surface area contributed by atoms with E-state index in [0.717, 1.165) is 38.5 Å². The minimum absolute atomic E-state index is 0.240. The average molecular weight is 253 g/mol. The zero-order valence-electron chi connectivity index (χ0n) is 11.4. The molecule has 0 bridgehead atoms. The van der Waals surface area contributed by atoms with Gasteiger partial charge in [-0.05, 0) is 31.6 Å². The van der Waals surface area contributed by atoms with Gasteiger partial charge in [-0.1, -0.05) is 0 Å². The van der Waals surface area contributed by atoms with Crippen molar-refractivity contribution in [3.8, 4) is 0 Å². The van der Waals surface area contributed by atoms with Gasteiger partial charge in [-0.25, -0.2) is 0 Å². The van der Waals surface area contributed by atoms with Crippen molar-refractivity contribution in [2.75, 3.05) is 52.5 Å². The lowest BCUT2D eigenvalue weighted by Gasteiger charge is -2.49. The first kappa shape index (κ1) is 12.9. The van der Waals surface area contributed by atoms with Crippen LogP contribution in [0, 0.1) is 5.92 Å². The Hall–Kier alpha value is -0.160. The molecule has 18 heavy (non-hydrogen) atoms. The second-order valence-corrected chi connectivity index (χ2v) is 6.27. The van der Waals surface area contributed by atoms with Gasteiger partial charge in [0.05, 0.1) is 0 Å². The molecule has 0 amide bonds. The van der Waals surface area contributed by atoms with Gasteiger partial charge in [0.25, 0.3) is 0 Å². The number of rotatable bonds is 4. The smallest absolute Gasteiger partial charge is 0.0484 e. The number of piperazine rings is 1. The lowest BCUT2D eigenvalue weighted by Crippen LogP contribution is -2.62. The second-order valence-electron chi connectivity index (χ2n) is 6.27. The van der Waals surface area contributed by atoms with Crippen LogP contribution in [0.2, 0.25) is 0 Å². The van der Waals surface area contributed by atoms with E-state index in [1.165, 1.54) is 45.6 Å². The second kappa shape index (κ2) is 5.45. The van der Waals surface area contributed by atoms with Crippen LogP contribution in [-0.2, 0) is 4.74 Å². The highest BCUT2D eigenvalue weighted by Crippen LogP contribution is 2.31. The molecule has 0 spiro atoms. The van der Waals surface area contributed by atoms with Crippen molar-refractivity contribution in [3.63, 3.8) is 0 Å². The van der Waals surface area contributed by atoms with Crippen LogP contribution in [0.1, 0.15) is 25.7 Å². The van der Waals surface area contributed by atoms with Crippen molar-refractivity contribution in [1.29, 1.82) is 0 Å². The van der Waals surface area contributed by atoms with Crippen molar-refractivity contribution in [1.82, 2.24) is 9.80 Å². The molecule has 1 aliphatic carbocycles. The molecule has 0 unspecified atom stereocenters. The van der Waals surface area contributed by atoms with E-state index < -0.39 is 0 Å². The van der Waals surface area contributed by atoms with E-state index in [9.17, 15) is 0 Å². The number of hydrogen-bond donors (Lipinski definition) is 1. The third kappa shape index (κ3) is 2.72. The highest BCUT2D eigenvalue weighted by molar-refractivity contribution is 4.96. The molecule has 4 heteroatoms. The lowest BCUT2D eigenvalue weighted by atomic mass is 9.87. The van der Waals surface area contributed by atoms with Gasteiger partial charge in [0, 0.05) is 58.0 Å². The molecule has 2 N–H and O–H groups in total. The number of hydrogen-bond acceptors (Lipinski definition) is 4. The third-order valence-electron chi connectivity index (χ3n) is 5.06. The van der Waals surface area contributed by atoms with E-state index in [1.807, 2.05) is 0 Å². The molecular formula is C14H27N3O. The van der Waals surface area contributed by atoms with E-state index in [2.05, 4.69) is 9.80 Å². The van der Waals surface area contributed by atoms with Crippen LogP contribution in [0.25, 0.3) is 0 Å². The molecule has 0 aromatic heterocycles. The first-order valence-corrected chi connectivity index (χ1v) is 7.58. The molecule has 0 radical (unpaired) electrons. The third-order valence-corrected chi connectivity index (χ3v) is 5.06. The molecular weight excluding hydrogens is 226 g/mol. The summed E-state index contributed by atoms with van der Waals surface area (Å²) in [6.45, 7) is 8.77. The Morgan fingerprint density at radius 1 is 1.06 bits per heavy atom. The van der Waals surface area contributed by atoms with Gasteiger partial charge in [0.15, 0.2) is 0 Å². The lowest BCUT2D eigenvalue weighted by molar-refractivity contribution is -0.0428. The summed E-state index contributed by atoms with van der Waals surface area (Å²) < 4.78 is 5.51. The maximum atomic E-state index is 6.08. The summed E-state index contributed by atoms with van der Waals surface area (Å²) in [5.41, 5.74) is 6.32. The van der Waals surface area contributed by atoms with Gasteiger partial charge < -0.3 is 15.4 Å². The van der Waals surface area contributed by atoms with Gasteiger partial charge in [0.1, 0.15) is 0 Å². The summed E-state index contributed by atoms with van der Waals surface area (Å²) in [5, 5.41) is 0. The summed E-state index contributed by atoms with van der Waals surface area (Å²) in [4.78, 5) is 5.30. The van der Waals surface area contributed by atoms with Crippen LogP contribution >= 0.6 is 0 Å². The first-order valence-electron chi connectivity index (χ1n) is 7.58. The molecule has 2 aliphatic heterocycles. The van der Waals surface area contributed by atoms with Gasteiger partial charge in [-0.15, -0.1) is 0 Å². The normalized spacial score (nSPS) is 30.5. The standard InChI is InChI=1S/C14H27N3O/c15-12-14(3-9-18-10-4-14)17-7-5-16(6-8-17)11-13-1-2-13/h13H,1-12,15H2. The summed E-state index contributed by atoms with van der Waals surface area (Å²) in [6, 6.07) is 0. The molecule has 3 fully saturated rings. The summed E-state index contributed by atoms with van der Waals surface area (Å²) in [5.74, 6) is 1.02. The Bertz CT molecular complexity index is 266. The predicted octanol–water partition coefficient (Wildman–Crippen LogP) is 0.522. The van der Waals surface area contributed by atoms with Crippen molar-refractivity contribution in [2.24, 2.45) is 11.7 Å². The van der Waals surface area contributed by atoms with Crippen molar-refractivity contribution in [3.05, 3.63) is 0 Å². The molecule has 0 aromatic rings. The summed E-state index contributed by atoms with van der Waals surface area (Å²) in [7, 11) is 0. The minimum Gasteiger partial charge on any atom is -0.381 e. The van der Waals surface area contributed by atoms with Crippen LogP contribution in [0.15, 0.2) is 0 Å². The molecule has 3 aliphatic rings. The Morgan fingerprint density at radius 2 is 1.72 bits per heavy atom. The highest BCUT2D eigenvalue weighted by atomic mass is 16.5. The number of ether oxygens (including phenoxy) is 1. The van der Waals surface area contributed by atoms with Crippen molar-refractivity contribution >= 4 is 0 Å². The summed E-state index contributed by atoms with van der Waals surface area (Å²) in [6.07, 6.45) is 5.16. The molecule has 0 atom stereocenters. The van der Waals surface area contributed by atoms with Crippen LogP contribution < -0.4 is 5.73 Å². The number of nitrogens with two attached hydrogens (primary N) is 1. The van der Waals surface area contributed by atoms with Crippen LogP contribution in [-0.4, -0.2) is 67.8 Å². The van der Waals surface area contributed by atoms with Crippen LogP contribution in [0.5, 0.6) is 0 Å². The molecule has 3 rings (SSSR count). The summed E-state index contributed by atoms with van der Waals surface area (Å²) >= 11 is 0. The maximum absolute atomic E-state index is 6.08. The largest absolute Gasteiger partial charge is 0.381 e. The average Bonchev–Trinajstić information content (AvgIpc) is 3.24. The molecule has 4 nitrogen and oxygen atoms in total. The zero-order chi connectivity index (χ0) is 12.4. The van der Waals surface area contributed by atoms with Gasteiger partial charge >= 0.3 is 0 Å². The SMILES string of the molecule is NCC1(N2CCN(CC3CC3)CC2)CCOCC1. The van der Waals surface area contributed by atoms with Crippen LogP contribution in [0.3, 0.4) is 0 Å². The Kier molecular flexibility index (Phi) is 3.89. The Morgan fingerprint density at radius 3 is 2.28 bits per heavy atom. The van der Waals surface area contributed by atoms with Crippen LogP contribution in [0.4, 0.5) is 0 Å². The zero-order valence-corrected chi connectivity index (χ0v) is 11.4. The van der Waals surface area contributed by atoms with E-state index in [1.54, 1.807) is 0 Å². The van der Waals surface area contributed by atoms with E-state index in [4.69, 9.17) is 10.5 Å². The van der Waals surface area contributed by atoms with Crippen molar-refractivity contribution in [2.45, 2.75) is 31.2 Å². The Labute approximate surface area is 110 Å². The number of nitrogens with zero attached hydrogens (tertiary/aromatic N) is 2. The molecule has 2 saturated heterocycles. The van der Waals surface area contributed by atoms with Gasteiger partial charge in [0.2, 0.25) is 0 Å². The van der Waals surface area contributed by atoms with Gasteiger partial charge in [-0.2, -0.15) is 0 Å². The Balaban J connectivity index is 1.53. The van der Waals surface area contributed by atoms with E-state index in [0.29, 0.717) is 0 Å². The maximum Gasteiger partial charge on any atom is 0.0484 e. The molecule has 1 saturated carbocycles. The molecule has 2 heterocycles. The topological polar surface area (TPSA) is 41.7 Å². The van der Waals surface area contributed by atoms with E-state index in [-0.39, 0.29) is 5.54 Å². The minimum atomic E-state index is 0.240. The highest BCUT2D eigenvalue weighted by Gasteiger charge is 2.39. The molecule has 104 valence electrons. The fourth-order valence-corrected chi connectivity index (χ4v) is 3.47. The first-order chi connectivity index (χ1) is 8.82. The molecule has 0 aromatic carbocycles. The van der Waals surface area contributed by atoms with Gasteiger partial charge in [-0.3, -0.25) is 4.90 Å². The fourth-order valence-electron chi connectivity index (χ4n) is 3.47. The fraction of sp³-hybridized carbons (Fsp3) is 1.00. The monoisotopic (exact) mass is 253 g/mol. The predicted molar refractivity (Wildman–Crippen MR) is 72.6 cm³/mol. The quantitative estimate of drug-likeness (QED) is 0.793.